The van der Waals surface area contributed by atoms with Gasteiger partial charge in [-0.2, -0.15) is 0 Å². The molecule has 3 aromatic rings. The summed E-state index contributed by atoms with van der Waals surface area (Å²) >= 11 is 1.39. The second kappa shape index (κ2) is 8.04. The van der Waals surface area contributed by atoms with Crippen molar-refractivity contribution in [1.29, 1.82) is 0 Å². The zero-order valence-electron chi connectivity index (χ0n) is 15.3. The maximum absolute atomic E-state index is 12.9. The van der Waals surface area contributed by atoms with E-state index in [9.17, 15) is 9.59 Å². The Bertz CT molecular complexity index is 1010. The Morgan fingerprint density at radius 3 is 2.96 bits per heavy atom. The van der Waals surface area contributed by atoms with Crippen LogP contribution in [0.2, 0.25) is 0 Å². The molecule has 3 heterocycles. The Morgan fingerprint density at radius 2 is 2.18 bits per heavy atom. The number of para-hydroxylation sites is 1. The Hall–Kier alpha value is -2.84. The number of carbonyl (C=O) groups excluding carboxylic acids is 2. The number of amides is 2. The van der Waals surface area contributed by atoms with Crippen molar-refractivity contribution in [3.8, 4) is 0 Å². The second-order valence-corrected chi connectivity index (χ2v) is 7.80. The average molecular weight is 395 g/mol. The maximum atomic E-state index is 12.9. The highest BCUT2D eigenvalue weighted by atomic mass is 32.1. The fraction of sp³-hybridized carbons (Fsp3) is 0.300. The number of hydrogen-bond donors (Lipinski definition) is 2. The summed E-state index contributed by atoms with van der Waals surface area (Å²) in [4.78, 5) is 35.1. The smallest absolute Gasteiger partial charge is 0.258 e. The van der Waals surface area contributed by atoms with Crippen molar-refractivity contribution in [3.05, 3.63) is 53.2 Å². The fourth-order valence-corrected chi connectivity index (χ4v) is 4.11. The van der Waals surface area contributed by atoms with Crippen LogP contribution in [-0.4, -0.2) is 46.3 Å². The number of thiazole rings is 1. The highest BCUT2D eigenvalue weighted by Crippen LogP contribution is 2.29. The van der Waals surface area contributed by atoms with Crippen molar-refractivity contribution in [2.45, 2.75) is 18.8 Å². The lowest BCUT2D eigenvalue weighted by atomic mass is 9.99. The predicted molar refractivity (Wildman–Crippen MR) is 109 cm³/mol. The minimum atomic E-state index is -0.284. The van der Waals surface area contributed by atoms with E-state index in [1.807, 2.05) is 35.7 Å². The van der Waals surface area contributed by atoms with Crippen molar-refractivity contribution in [2.24, 2.45) is 5.73 Å². The van der Waals surface area contributed by atoms with Crippen LogP contribution in [0.3, 0.4) is 0 Å². The summed E-state index contributed by atoms with van der Waals surface area (Å²) in [6.45, 7) is 2.37. The third-order valence-electron chi connectivity index (χ3n) is 5.00. The molecule has 8 heteroatoms. The van der Waals surface area contributed by atoms with Gasteiger partial charge < -0.3 is 10.6 Å². The van der Waals surface area contributed by atoms with E-state index in [0.29, 0.717) is 23.7 Å². The average Bonchev–Trinajstić information content (AvgIpc) is 3.37. The van der Waals surface area contributed by atoms with Crippen LogP contribution in [0.4, 0.5) is 5.13 Å². The van der Waals surface area contributed by atoms with E-state index in [0.717, 1.165) is 36.1 Å². The first-order valence-electron chi connectivity index (χ1n) is 9.21. The van der Waals surface area contributed by atoms with Crippen LogP contribution in [-0.2, 0) is 4.79 Å². The molecule has 28 heavy (non-hydrogen) atoms. The van der Waals surface area contributed by atoms with Crippen molar-refractivity contribution < 1.29 is 9.59 Å². The first-order chi connectivity index (χ1) is 13.6. The third-order valence-corrected chi connectivity index (χ3v) is 5.69. The van der Waals surface area contributed by atoms with Crippen LogP contribution in [0.1, 0.15) is 34.8 Å². The predicted octanol–water partition coefficient (Wildman–Crippen LogP) is 2.61. The molecule has 3 N–H and O–H groups in total. The summed E-state index contributed by atoms with van der Waals surface area (Å²) in [7, 11) is 0. The Balaban J connectivity index is 1.61. The van der Waals surface area contributed by atoms with E-state index in [-0.39, 0.29) is 17.7 Å². The van der Waals surface area contributed by atoms with Gasteiger partial charge in [0.15, 0.2) is 5.13 Å². The van der Waals surface area contributed by atoms with Gasteiger partial charge in [-0.25, -0.2) is 4.98 Å². The minimum Gasteiger partial charge on any atom is -0.370 e. The summed E-state index contributed by atoms with van der Waals surface area (Å²) in [6, 6.07) is 9.57. The monoisotopic (exact) mass is 395 g/mol. The Labute approximate surface area is 166 Å². The molecule has 1 aliphatic heterocycles. The summed E-state index contributed by atoms with van der Waals surface area (Å²) in [6.07, 6.45) is 2.96. The molecular weight excluding hydrogens is 374 g/mol. The van der Waals surface area contributed by atoms with Crippen LogP contribution in [0.5, 0.6) is 0 Å². The number of hydrogen-bond acceptors (Lipinski definition) is 6. The standard InChI is InChI=1S/C20H21N5O2S/c21-18(26)6-9-25-8-5-13(12-25)17-11-15(14-3-1-2-4-16(14)23-17)19(27)24-20-22-7-10-28-20/h1-4,7,10-11,13H,5-6,8-9,12H2,(H2,21,26)(H,22,24,27). The number of nitrogens with zero attached hydrogens (tertiary/aromatic N) is 3. The molecule has 7 nitrogen and oxygen atoms in total. The first kappa shape index (κ1) is 18.5. The molecule has 0 spiro atoms. The number of rotatable bonds is 6. The number of primary amides is 1. The molecule has 1 aromatic carbocycles. The Kier molecular flexibility index (Phi) is 5.31. The van der Waals surface area contributed by atoms with Gasteiger partial charge in [0, 0.05) is 48.1 Å². The van der Waals surface area contributed by atoms with Crippen LogP contribution in [0.25, 0.3) is 10.9 Å². The molecule has 4 rings (SSSR count). The largest absolute Gasteiger partial charge is 0.370 e. The SMILES string of the molecule is NC(=O)CCN1CCC(c2cc(C(=O)Nc3nccs3)c3ccccc3n2)C1. The fourth-order valence-electron chi connectivity index (χ4n) is 3.59. The maximum Gasteiger partial charge on any atom is 0.258 e. The van der Waals surface area contributed by atoms with Crippen molar-refractivity contribution in [3.63, 3.8) is 0 Å². The number of pyridine rings is 1. The molecular formula is C20H21N5O2S. The molecule has 2 amide bonds. The summed E-state index contributed by atoms with van der Waals surface area (Å²) in [5, 5.41) is 6.09. The molecule has 1 aliphatic rings. The zero-order chi connectivity index (χ0) is 19.5. The van der Waals surface area contributed by atoms with Crippen LogP contribution in [0, 0.1) is 0 Å². The number of anilines is 1. The number of nitrogens with one attached hydrogen (secondary N) is 1. The molecule has 0 bridgehead atoms. The van der Waals surface area contributed by atoms with Gasteiger partial charge in [0.25, 0.3) is 5.91 Å². The Morgan fingerprint density at radius 1 is 1.32 bits per heavy atom. The van der Waals surface area contributed by atoms with Crippen molar-refractivity contribution >= 4 is 39.2 Å². The molecule has 2 aromatic heterocycles. The number of aromatic nitrogens is 2. The van der Waals surface area contributed by atoms with Crippen molar-refractivity contribution in [2.75, 3.05) is 25.0 Å². The van der Waals surface area contributed by atoms with E-state index in [4.69, 9.17) is 10.7 Å². The van der Waals surface area contributed by atoms with E-state index >= 15 is 0 Å². The third kappa shape index (κ3) is 4.02. The van der Waals surface area contributed by atoms with Gasteiger partial charge in [0.2, 0.25) is 5.91 Å². The molecule has 1 saturated heterocycles. The minimum absolute atomic E-state index is 0.182. The molecule has 0 radical (unpaired) electrons. The normalized spacial score (nSPS) is 17.1. The summed E-state index contributed by atoms with van der Waals surface area (Å²) in [5.41, 5.74) is 7.58. The lowest BCUT2D eigenvalue weighted by Crippen LogP contribution is -2.26. The van der Waals surface area contributed by atoms with Gasteiger partial charge in [0.1, 0.15) is 0 Å². The van der Waals surface area contributed by atoms with Gasteiger partial charge in [-0.1, -0.05) is 18.2 Å². The van der Waals surface area contributed by atoms with E-state index in [1.165, 1.54) is 11.3 Å². The van der Waals surface area contributed by atoms with Gasteiger partial charge >= 0.3 is 0 Å². The van der Waals surface area contributed by atoms with Crippen molar-refractivity contribution in [1.82, 2.24) is 14.9 Å². The molecule has 1 fully saturated rings. The van der Waals surface area contributed by atoms with E-state index in [2.05, 4.69) is 15.2 Å². The number of carbonyl (C=O) groups is 2. The van der Waals surface area contributed by atoms with E-state index < -0.39 is 0 Å². The van der Waals surface area contributed by atoms with E-state index in [1.54, 1.807) is 6.20 Å². The quantitative estimate of drug-likeness (QED) is 0.668. The van der Waals surface area contributed by atoms with Crippen LogP contribution in [0.15, 0.2) is 41.9 Å². The van der Waals surface area contributed by atoms with Gasteiger partial charge in [-0.3, -0.25) is 19.9 Å². The number of benzene rings is 1. The van der Waals surface area contributed by atoms with Crippen LogP contribution < -0.4 is 11.1 Å². The lowest BCUT2D eigenvalue weighted by molar-refractivity contribution is -0.118. The number of nitrogens with two attached hydrogens (primary N) is 1. The molecule has 0 aliphatic carbocycles. The topological polar surface area (TPSA) is 101 Å². The zero-order valence-corrected chi connectivity index (χ0v) is 16.1. The highest BCUT2D eigenvalue weighted by molar-refractivity contribution is 7.13. The van der Waals surface area contributed by atoms with Gasteiger partial charge in [-0.05, 0) is 25.1 Å². The lowest BCUT2D eigenvalue weighted by Gasteiger charge is -2.16. The molecule has 1 atom stereocenters. The van der Waals surface area contributed by atoms with Gasteiger partial charge in [0.05, 0.1) is 11.1 Å². The van der Waals surface area contributed by atoms with Gasteiger partial charge in [-0.15, -0.1) is 11.3 Å². The molecule has 1 unspecified atom stereocenters. The second-order valence-electron chi connectivity index (χ2n) is 6.91. The molecule has 144 valence electrons. The molecule has 0 saturated carbocycles. The summed E-state index contributed by atoms with van der Waals surface area (Å²) in [5.74, 6) is -0.240. The summed E-state index contributed by atoms with van der Waals surface area (Å²) < 4.78 is 0. The first-order valence-corrected chi connectivity index (χ1v) is 10.1. The number of likely N-dealkylation sites (tertiary alicyclic amines) is 1. The number of fused-ring (bicyclic) bond motifs is 1. The highest BCUT2D eigenvalue weighted by Gasteiger charge is 2.26. The van der Waals surface area contributed by atoms with Crippen LogP contribution >= 0.6 is 11.3 Å².